The molecule has 0 aliphatic carbocycles. The summed E-state index contributed by atoms with van der Waals surface area (Å²) in [7, 11) is 0.407. The Kier molecular flexibility index (Phi) is 8.52. The molecule has 1 saturated heterocycles. The molecule has 0 aromatic heterocycles. The van der Waals surface area contributed by atoms with E-state index in [0.29, 0.717) is 23.7 Å². The molecule has 0 radical (unpaired) electrons. The van der Waals surface area contributed by atoms with Crippen LogP contribution in [0.1, 0.15) is 36.5 Å². The van der Waals surface area contributed by atoms with Crippen LogP contribution in [-0.2, 0) is 23.8 Å². The number of nitrogens with zero attached hydrogens (tertiary/aromatic N) is 1. The molecule has 1 N–H and O–H groups in total. The Bertz CT molecular complexity index is 903. The predicted molar refractivity (Wildman–Crippen MR) is 114 cm³/mol. The second kappa shape index (κ2) is 10.7. The van der Waals surface area contributed by atoms with E-state index in [-0.39, 0.29) is 18.5 Å². The average Bonchev–Trinajstić information content (AvgIpc) is 3.14. The van der Waals surface area contributed by atoms with Crippen LogP contribution in [0, 0.1) is 0 Å². The lowest BCUT2D eigenvalue weighted by molar-refractivity contribution is -0.145. The molecule has 1 amide bonds. The number of ether oxygens (including phenoxy) is 3. The van der Waals surface area contributed by atoms with Crippen molar-refractivity contribution in [1.29, 1.82) is 0 Å². The molecule has 2 rings (SSSR count). The zero-order chi connectivity index (χ0) is 23.2. The molecule has 1 heterocycles. The number of likely N-dealkylation sites (tertiary alicyclic amines) is 1. The van der Waals surface area contributed by atoms with E-state index in [9.17, 15) is 18.0 Å². The maximum Gasteiger partial charge on any atom is 0.328 e. The highest BCUT2D eigenvalue weighted by molar-refractivity contribution is 7.86. The number of carbonyl (C=O) groups is 2. The third-order valence-electron chi connectivity index (χ3n) is 4.91. The molecule has 11 heteroatoms. The molecule has 1 aliphatic heterocycles. The van der Waals surface area contributed by atoms with Gasteiger partial charge in [-0.1, -0.05) is 13.3 Å². The number of carbonyl (C=O) groups excluding carboxylic acids is 2. The number of methoxy groups -OCH3 is 3. The summed E-state index contributed by atoms with van der Waals surface area (Å²) in [5.41, 5.74) is 0.787. The van der Waals surface area contributed by atoms with Gasteiger partial charge in [-0.3, -0.25) is 8.98 Å². The van der Waals surface area contributed by atoms with Gasteiger partial charge in [0.2, 0.25) is 0 Å². The van der Waals surface area contributed by atoms with Crippen LogP contribution in [0.25, 0.3) is 0 Å². The lowest BCUT2D eigenvalue weighted by Crippen LogP contribution is -2.41. The van der Waals surface area contributed by atoms with Crippen molar-refractivity contribution >= 4 is 27.7 Å². The number of benzene rings is 1. The molecule has 174 valence electrons. The number of unbranched alkanes of at least 4 members (excludes halogenated alkanes) is 1. The predicted octanol–water partition coefficient (Wildman–Crippen LogP) is 1.65. The van der Waals surface area contributed by atoms with Crippen LogP contribution >= 0.6 is 0 Å². The van der Waals surface area contributed by atoms with Gasteiger partial charge in [0.1, 0.15) is 6.04 Å². The lowest BCUT2D eigenvalue weighted by Gasteiger charge is -2.24. The van der Waals surface area contributed by atoms with Crippen LogP contribution in [0.3, 0.4) is 0 Å². The number of esters is 1. The third-order valence-corrected chi connectivity index (χ3v) is 5.53. The van der Waals surface area contributed by atoms with Crippen molar-refractivity contribution in [3.05, 3.63) is 17.7 Å². The Morgan fingerprint density at radius 3 is 2.35 bits per heavy atom. The van der Waals surface area contributed by atoms with Crippen LogP contribution in [0.5, 0.6) is 11.5 Å². The van der Waals surface area contributed by atoms with Crippen LogP contribution < -0.4 is 14.8 Å². The molecule has 0 spiro atoms. The molecular weight excluding hydrogens is 428 g/mol. The number of hydrogen-bond acceptors (Lipinski definition) is 9. The van der Waals surface area contributed by atoms with E-state index in [0.717, 1.165) is 19.1 Å². The first-order chi connectivity index (χ1) is 14.6. The van der Waals surface area contributed by atoms with Crippen molar-refractivity contribution in [1.82, 2.24) is 4.90 Å². The highest BCUT2D eigenvalue weighted by atomic mass is 32.2. The van der Waals surface area contributed by atoms with E-state index >= 15 is 0 Å². The summed E-state index contributed by atoms with van der Waals surface area (Å²) in [5.74, 6) is -0.323. The van der Waals surface area contributed by atoms with E-state index in [2.05, 4.69) is 12.2 Å². The fraction of sp³-hybridized carbons (Fsp3) is 0.600. The zero-order valence-electron chi connectivity index (χ0n) is 18.5. The summed E-state index contributed by atoms with van der Waals surface area (Å²) in [6.45, 7) is 2.61. The maximum atomic E-state index is 13.5. The fourth-order valence-corrected chi connectivity index (χ4v) is 4.09. The van der Waals surface area contributed by atoms with E-state index in [1.807, 2.05) is 0 Å². The number of anilines is 1. The molecule has 1 aromatic rings. The summed E-state index contributed by atoms with van der Waals surface area (Å²) < 4.78 is 43.6. The second-order valence-electron chi connectivity index (χ2n) is 7.19. The Hall–Kier alpha value is -2.53. The first-order valence-corrected chi connectivity index (χ1v) is 11.7. The van der Waals surface area contributed by atoms with E-state index in [1.54, 1.807) is 6.07 Å². The Balaban J connectivity index is 2.44. The minimum atomic E-state index is -3.76. The van der Waals surface area contributed by atoms with Crippen LogP contribution in [-0.4, -0.2) is 78.0 Å². The molecule has 1 fully saturated rings. The molecule has 1 aliphatic rings. The van der Waals surface area contributed by atoms with Gasteiger partial charge in [0, 0.05) is 25.6 Å². The summed E-state index contributed by atoms with van der Waals surface area (Å²) in [6, 6.07) is 2.23. The fourth-order valence-electron chi connectivity index (χ4n) is 3.46. The van der Waals surface area contributed by atoms with Gasteiger partial charge >= 0.3 is 5.97 Å². The minimum Gasteiger partial charge on any atom is -0.493 e. The standard InChI is InChI=1S/C20H30N2O8S/c1-6-7-8-21-15-11-18(28-3)17(27-2)10-14(15)19(23)22-12-13(30-31(5,25)26)9-16(22)20(24)29-4/h10-11,13,16,21H,6-9,12H2,1-5H3/t13-,16+/m1/s1. The summed E-state index contributed by atoms with van der Waals surface area (Å²) in [5, 5.41) is 3.23. The van der Waals surface area contributed by atoms with Crippen molar-refractivity contribution in [2.75, 3.05) is 46.0 Å². The molecule has 0 unspecified atom stereocenters. The van der Waals surface area contributed by atoms with Crippen molar-refractivity contribution in [3.63, 3.8) is 0 Å². The topological polar surface area (TPSA) is 120 Å². The van der Waals surface area contributed by atoms with Gasteiger partial charge in [0.15, 0.2) is 11.5 Å². The van der Waals surface area contributed by atoms with Gasteiger partial charge in [-0.05, 0) is 12.5 Å². The highest BCUT2D eigenvalue weighted by Gasteiger charge is 2.43. The minimum absolute atomic E-state index is 0.0113. The van der Waals surface area contributed by atoms with Crippen molar-refractivity contribution in [3.8, 4) is 11.5 Å². The smallest absolute Gasteiger partial charge is 0.328 e. The summed E-state index contributed by atoms with van der Waals surface area (Å²) in [4.78, 5) is 27.1. The summed E-state index contributed by atoms with van der Waals surface area (Å²) >= 11 is 0. The lowest BCUT2D eigenvalue weighted by atomic mass is 10.1. The molecule has 31 heavy (non-hydrogen) atoms. The Morgan fingerprint density at radius 2 is 1.81 bits per heavy atom. The van der Waals surface area contributed by atoms with E-state index in [4.69, 9.17) is 18.4 Å². The van der Waals surface area contributed by atoms with Gasteiger partial charge in [-0.25, -0.2) is 4.79 Å². The second-order valence-corrected chi connectivity index (χ2v) is 8.79. The first-order valence-electron chi connectivity index (χ1n) is 9.92. The molecule has 0 bridgehead atoms. The molecule has 10 nitrogen and oxygen atoms in total. The maximum absolute atomic E-state index is 13.5. The van der Waals surface area contributed by atoms with Gasteiger partial charge < -0.3 is 24.4 Å². The van der Waals surface area contributed by atoms with Gasteiger partial charge in [0.25, 0.3) is 16.0 Å². The van der Waals surface area contributed by atoms with Crippen molar-refractivity contribution in [2.45, 2.75) is 38.3 Å². The number of rotatable bonds is 10. The molecule has 1 aromatic carbocycles. The van der Waals surface area contributed by atoms with Gasteiger partial charge in [-0.2, -0.15) is 8.42 Å². The number of amides is 1. The molecule has 2 atom stereocenters. The van der Waals surface area contributed by atoms with Crippen molar-refractivity contribution < 1.29 is 36.4 Å². The third kappa shape index (κ3) is 6.23. The Morgan fingerprint density at radius 1 is 1.16 bits per heavy atom. The Labute approximate surface area is 182 Å². The highest BCUT2D eigenvalue weighted by Crippen LogP contribution is 2.35. The number of hydrogen-bond donors (Lipinski definition) is 1. The number of nitrogens with one attached hydrogen (secondary N) is 1. The largest absolute Gasteiger partial charge is 0.493 e. The van der Waals surface area contributed by atoms with Crippen LogP contribution in [0.2, 0.25) is 0 Å². The van der Waals surface area contributed by atoms with Crippen LogP contribution in [0.15, 0.2) is 12.1 Å². The first kappa shape index (κ1) is 24.7. The quantitative estimate of drug-likeness (QED) is 0.317. The zero-order valence-corrected chi connectivity index (χ0v) is 19.3. The van der Waals surface area contributed by atoms with E-state index in [1.165, 1.54) is 32.3 Å². The summed E-state index contributed by atoms with van der Waals surface area (Å²) in [6.07, 6.45) is 1.94. The average molecular weight is 459 g/mol. The van der Waals surface area contributed by atoms with Gasteiger partial charge in [0.05, 0.1) is 44.9 Å². The normalized spacial score (nSPS) is 18.5. The van der Waals surface area contributed by atoms with E-state index < -0.39 is 34.1 Å². The van der Waals surface area contributed by atoms with Crippen molar-refractivity contribution in [2.24, 2.45) is 0 Å². The SMILES string of the molecule is CCCCNc1cc(OC)c(OC)cc1C(=O)N1C[C@H](OS(C)(=O)=O)C[C@H]1C(=O)OC. The molecule has 0 saturated carbocycles. The van der Waals surface area contributed by atoms with Crippen LogP contribution in [0.4, 0.5) is 5.69 Å². The monoisotopic (exact) mass is 458 g/mol. The molecular formula is C20H30N2O8S. The van der Waals surface area contributed by atoms with Gasteiger partial charge in [-0.15, -0.1) is 0 Å².